The van der Waals surface area contributed by atoms with E-state index in [0.29, 0.717) is 5.56 Å². The Kier molecular flexibility index (Phi) is 6.89. The van der Waals surface area contributed by atoms with E-state index < -0.39 is 0 Å². The molecule has 138 valence electrons. The van der Waals surface area contributed by atoms with E-state index in [4.69, 9.17) is 10.00 Å². The minimum atomic E-state index is 0.646. The molecule has 2 nitrogen and oxygen atoms in total. The largest absolute Gasteiger partial charge is 0.494 e. The van der Waals surface area contributed by atoms with Crippen LogP contribution in [0.5, 0.6) is 5.75 Å². The van der Waals surface area contributed by atoms with Gasteiger partial charge in [0.25, 0.3) is 0 Å². The van der Waals surface area contributed by atoms with Crippen LogP contribution in [0.15, 0.2) is 72.8 Å². The Bertz CT molecular complexity index is 982. The Morgan fingerprint density at radius 3 is 1.71 bits per heavy atom. The number of ether oxygens (including phenoxy) is 1. The molecule has 0 aromatic heterocycles. The quantitative estimate of drug-likeness (QED) is 0.385. The monoisotopic (exact) mass is 365 g/mol. The van der Waals surface area contributed by atoms with E-state index >= 15 is 0 Å². The number of unbranched alkanes of at least 4 members (excludes halogenated alkanes) is 2. The van der Waals surface area contributed by atoms with Crippen LogP contribution >= 0.6 is 0 Å². The average molecular weight is 365 g/mol. The van der Waals surface area contributed by atoms with Crippen LogP contribution in [0.4, 0.5) is 0 Å². The van der Waals surface area contributed by atoms with Crippen molar-refractivity contribution in [3.8, 4) is 34.8 Å². The van der Waals surface area contributed by atoms with Crippen LogP contribution in [-0.2, 0) is 0 Å². The fourth-order valence-electron chi connectivity index (χ4n) is 2.80. The molecule has 3 aromatic rings. The van der Waals surface area contributed by atoms with Crippen molar-refractivity contribution in [3.05, 3.63) is 89.5 Å². The third-order valence-corrected chi connectivity index (χ3v) is 4.45. The third-order valence-electron chi connectivity index (χ3n) is 4.45. The van der Waals surface area contributed by atoms with Crippen molar-refractivity contribution in [1.29, 1.82) is 5.26 Å². The summed E-state index contributed by atoms with van der Waals surface area (Å²) in [6.07, 6.45) is 3.51. The molecule has 0 saturated heterocycles. The number of hydrogen-bond donors (Lipinski definition) is 0. The highest BCUT2D eigenvalue weighted by molar-refractivity contribution is 5.65. The smallest absolute Gasteiger partial charge is 0.119 e. The van der Waals surface area contributed by atoms with Gasteiger partial charge in [-0.15, -0.1) is 0 Å². The van der Waals surface area contributed by atoms with Crippen molar-refractivity contribution in [2.75, 3.05) is 6.61 Å². The molecule has 0 aliphatic rings. The van der Waals surface area contributed by atoms with Gasteiger partial charge in [0.2, 0.25) is 0 Å². The molecule has 28 heavy (non-hydrogen) atoms. The average Bonchev–Trinajstić information content (AvgIpc) is 2.76. The van der Waals surface area contributed by atoms with Crippen molar-refractivity contribution >= 4 is 0 Å². The summed E-state index contributed by atoms with van der Waals surface area (Å²) in [7, 11) is 0. The molecule has 0 N–H and O–H groups in total. The van der Waals surface area contributed by atoms with Crippen LogP contribution < -0.4 is 4.74 Å². The first-order valence-electron chi connectivity index (χ1n) is 9.64. The molecule has 3 rings (SSSR count). The Morgan fingerprint density at radius 2 is 1.18 bits per heavy atom. The van der Waals surface area contributed by atoms with E-state index in [0.717, 1.165) is 41.0 Å². The van der Waals surface area contributed by atoms with Gasteiger partial charge in [-0.05, 0) is 66.1 Å². The molecule has 0 atom stereocenters. The summed E-state index contributed by atoms with van der Waals surface area (Å²) < 4.78 is 5.77. The van der Waals surface area contributed by atoms with Crippen molar-refractivity contribution in [2.45, 2.75) is 26.2 Å². The van der Waals surface area contributed by atoms with Crippen molar-refractivity contribution in [2.24, 2.45) is 0 Å². The minimum absolute atomic E-state index is 0.646. The molecule has 0 amide bonds. The molecule has 0 saturated carbocycles. The van der Waals surface area contributed by atoms with Crippen LogP contribution in [0.1, 0.15) is 42.9 Å². The normalized spacial score (nSPS) is 9.86. The topological polar surface area (TPSA) is 33.0 Å². The molecule has 0 radical (unpaired) electrons. The SMILES string of the molecule is CCCCCOc1ccc(-c2ccc(C#Cc3ccc(C#N)cc3)cc2)cc1. The highest BCUT2D eigenvalue weighted by Crippen LogP contribution is 2.23. The zero-order valence-corrected chi connectivity index (χ0v) is 16.1. The molecule has 0 fully saturated rings. The van der Waals surface area contributed by atoms with E-state index in [1.807, 2.05) is 36.4 Å². The lowest BCUT2D eigenvalue weighted by Crippen LogP contribution is -1.96. The number of rotatable bonds is 6. The number of hydrogen-bond acceptors (Lipinski definition) is 2. The van der Waals surface area contributed by atoms with Gasteiger partial charge in [-0.1, -0.05) is 55.9 Å². The number of benzene rings is 3. The molecule has 0 spiro atoms. The number of nitrogens with zero attached hydrogens (tertiary/aromatic N) is 1. The Labute approximate surface area is 167 Å². The van der Waals surface area contributed by atoms with E-state index in [1.165, 1.54) is 12.8 Å². The summed E-state index contributed by atoms with van der Waals surface area (Å²) in [5.41, 5.74) is 4.82. The van der Waals surface area contributed by atoms with Gasteiger partial charge in [0.1, 0.15) is 5.75 Å². The summed E-state index contributed by atoms with van der Waals surface area (Å²) in [6, 6.07) is 25.9. The highest BCUT2D eigenvalue weighted by Gasteiger charge is 1.99. The van der Waals surface area contributed by atoms with Crippen LogP contribution in [0.3, 0.4) is 0 Å². The van der Waals surface area contributed by atoms with Gasteiger partial charge >= 0.3 is 0 Å². The summed E-state index contributed by atoms with van der Waals surface area (Å²) in [6.45, 7) is 2.97. The zero-order valence-electron chi connectivity index (χ0n) is 16.1. The maximum absolute atomic E-state index is 8.84. The van der Waals surface area contributed by atoms with Crippen molar-refractivity contribution in [1.82, 2.24) is 0 Å². The molecule has 0 heterocycles. The second-order valence-electron chi connectivity index (χ2n) is 6.60. The van der Waals surface area contributed by atoms with Crippen molar-refractivity contribution in [3.63, 3.8) is 0 Å². The molecule has 2 heteroatoms. The summed E-state index contributed by atoms with van der Waals surface area (Å²) in [4.78, 5) is 0. The summed E-state index contributed by atoms with van der Waals surface area (Å²) in [5, 5.41) is 8.84. The van der Waals surface area contributed by atoms with E-state index in [1.54, 1.807) is 12.1 Å². The van der Waals surface area contributed by atoms with Gasteiger partial charge in [0.05, 0.1) is 18.2 Å². The van der Waals surface area contributed by atoms with E-state index in [-0.39, 0.29) is 0 Å². The Balaban J connectivity index is 1.62. The van der Waals surface area contributed by atoms with Gasteiger partial charge in [-0.3, -0.25) is 0 Å². The second kappa shape index (κ2) is 10.0. The number of nitriles is 1. The lowest BCUT2D eigenvalue weighted by atomic mass is 10.0. The summed E-state index contributed by atoms with van der Waals surface area (Å²) >= 11 is 0. The summed E-state index contributed by atoms with van der Waals surface area (Å²) in [5.74, 6) is 7.22. The predicted molar refractivity (Wildman–Crippen MR) is 114 cm³/mol. The van der Waals surface area contributed by atoms with Gasteiger partial charge in [0.15, 0.2) is 0 Å². The fraction of sp³-hybridized carbons (Fsp3) is 0.192. The fourth-order valence-corrected chi connectivity index (χ4v) is 2.80. The maximum atomic E-state index is 8.84. The standard InChI is InChI=1S/C26H23NO/c1-2-3-4-19-28-26-17-15-25(16-18-26)24-13-11-22(12-14-24)6-5-21-7-9-23(20-27)10-8-21/h7-18H,2-4,19H2,1H3. The van der Waals surface area contributed by atoms with Crippen LogP contribution in [-0.4, -0.2) is 6.61 Å². The zero-order chi connectivity index (χ0) is 19.6. The molecule has 0 bridgehead atoms. The molecule has 0 aliphatic carbocycles. The Hall–Kier alpha value is -3.49. The predicted octanol–water partition coefficient (Wildman–Crippen LogP) is 6.19. The molecule has 0 aliphatic heterocycles. The van der Waals surface area contributed by atoms with E-state index in [2.05, 4.69) is 49.1 Å². The van der Waals surface area contributed by atoms with Crippen LogP contribution in [0.25, 0.3) is 11.1 Å². The van der Waals surface area contributed by atoms with Gasteiger partial charge in [-0.25, -0.2) is 0 Å². The molecule has 0 unspecified atom stereocenters. The van der Waals surface area contributed by atoms with Crippen LogP contribution in [0, 0.1) is 23.2 Å². The first-order valence-corrected chi connectivity index (χ1v) is 9.64. The highest BCUT2D eigenvalue weighted by atomic mass is 16.5. The lowest BCUT2D eigenvalue weighted by molar-refractivity contribution is 0.306. The minimum Gasteiger partial charge on any atom is -0.494 e. The molecule has 3 aromatic carbocycles. The Morgan fingerprint density at radius 1 is 0.679 bits per heavy atom. The maximum Gasteiger partial charge on any atom is 0.119 e. The van der Waals surface area contributed by atoms with Crippen LogP contribution in [0.2, 0.25) is 0 Å². The van der Waals surface area contributed by atoms with Gasteiger partial charge < -0.3 is 4.74 Å². The van der Waals surface area contributed by atoms with E-state index in [9.17, 15) is 0 Å². The van der Waals surface area contributed by atoms with Crippen molar-refractivity contribution < 1.29 is 4.74 Å². The van der Waals surface area contributed by atoms with Gasteiger partial charge in [-0.2, -0.15) is 5.26 Å². The molecular weight excluding hydrogens is 342 g/mol. The van der Waals surface area contributed by atoms with Gasteiger partial charge in [0, 0.05) is 11.1 Å². The third kappa shape index (κ3) is 5.50. The first kappa shape index (κ1) is 19.3. The second-order valence-corrected chi connectivity index (χ2v) is 6.60. The lowest BCUT2D eigenvalue weighted by Gasteiger charge is -2.07. The first-order chi connectivity index (χ1) is 13.8. The molecular formula is C26H23NO.